The fourth-order valence-corrected chi connectivity index (χ4v) is 9.11. The Labute approximate surface area is 429 Å². The molecule has 69 heavy (non-hydrogen) atoms. The smallest absolute Gasteiger partial charge is 0.306 e. The molecule has 0 aliphatic carbocycles. The van der Waals surface area contributed by atoms with Crippen molar-refractivity contribution >= 4 is 17.9 Å². The number of carbonyl (C=O) groups is 3. The van der Waals surface area contributed by atoms with Gasteiger partial charge in [0, 0.05) is 19.3 Å². The third-order valence-electron chi connectivity index (χ3n) is 13.7. The molecule has 0 fully saturated rings. The van der Waals surface area contributed by atoms with Gasteiger partial charge in [0.05, 0.1) is 0 Å². The van der Waals surface area contributed by atoms with Crippen molar-refractivity contribution in [2.24, 2.45) is 0 Å². The van der Waals surface area contributed by atoms with Crippen LogP contribution in [-0.4, -0.2) is 37.2 Å². The first-order valence-electron chi connectivity index (χ1n) is 30.5. The minimum Gasteiger partial charge on any atom is -0.462 e. The van der Waals surface area contributed by atoms with Crippen molar-refractivity contribution < 1.29 is 28.6 Å². The van der Waals surface area contributed by atoms with Gasteiger partial charge in [-0.25, -0.2) is 0 Å². The maximum atomic E-state index is 12.9. The summed E-state index contributed by atoms with van der Waals surface area (Å²) in [6.45, 7) is 6.57. The quantitative estimate of drug-likeness (QED) is 0.0261. The number of rotatable bonds is 56. The molecule has 0 spiro atoms. The molecule has 0 radical (unpaired) electrons. The first kappa shape index (κ1) is 66.6. The van der Waals surface area contributed by atoms with Crippen LogP contribution in [0.15, 0.2) is 36.5 Å². The van der Waals surface area contributed by atoms with Gasteiger partial charge in [-0.15, -0.1) is 0 Å². The van der Waals surface area contributed by atoms with Crippen LogP contribution in [0.4, 0.5) is 0 Å². The van der Waals surface area contributed by atoms with Crippen molar-refractivity contribution in [3.63, 3.8) is 0 Å². The van der Waals surface area contributed by atoms with Crippen LogP contribution in [-0.2, 0) is 28.6 Å². The predicted octanol–water partition coefficient (Wildman–Crippen LogP) is 20.4. The topological polar surface area (TPSA) is 78.9 Å². The van der Waals surface area contributed by atoms with Crippen molar-refractivity contribution in [2.45, 2.75) is 335 Å². The van der Waals surface area contributed by atoms with Crippen molar-refractivity contribution in [1.82, 2.24) is 0 Å². The highest BCUT2D eigenvalue weighted by atomic mass is 16.6. The lowest BCUT2D eigenvalue weighted by Gasteiger charge is -2.18. The summed E-state index contributed by atoms with van der Waals surface area (Å²) in [7, 11) is 0. The van der Waals surface area contributed by atoms with Crippen LogP contribution >= 0.6 is 0 Å². The molecule has 0 N–H and O–H groups in total. The summed E-state index contributed by atoms with van der Waals surface area (Å²) >= 11 is 0. The number of hydrogen-bond donors (Lipinski definition) is 0. The summed E-state index contributed by atoms with van der Waals surface area (Å²) in [6, 6.07) is 0. The van der Waals surface area contributed by atoms with E-state index in [2.05, 4.69) is 57.2 Å². The average molecular weight is 970 g/mol. The largest absolute Gasteiger partial charge is 0.462 e. The van der Waals surface area contributed by atoms with Gasteiger partial charge >= 0.3 is 17.9 Å². The van der Waals surface area contributed by atoms with E-state index in [1.165, 1.54) is 193 Å². The Kier molecular flexibility index (Phi) is 56.2. The molecule has 404 valence electrons. The van der Waals surface area contributed by atoms with Gasteiger partial charge in [0.15, 0.2) is 6.10 Å². The molecule has 0 amide bonds. The van der Waals surface area contributed by atoms with E-state index in [9.17, 15) is 14.4 Å². The highest BCUT2D eigenvalue weighted by Crippen LogP contribution is 2.18. The van der Waals surface area contributed by atoms with Crippen LogP contribution in [0.5, 0.6) is 0 Å². The summed E-state index contributed by atoms with van der Waals surface area (Å²) in [4.78, 5) is 38.2. The number of hydrogen-bond acceptors (Lipinski definition) is 6. The second kappa shape index (κ2) is 58.2. The Morgan fingerprint density at radius 2 is 0.565 bits per heavy atom. The van der Waals surface area contributed by atoms with E-state index in [-0.39, 0.29) is 31.1 Å². The zero-order valence-electron chi connectivity index (χ0n) is 46.3. The molecule has 0 aliphatic rings. The van der Waals surface area contributed by atoms with Crippen LogP contribution in [0.3, 0.4) is 0 Å². The maximum absolute atomic E-state index is 12.9. The lowest BCUT2D eigenvalue weighted by molar-refractivity contribution is -0.167. The summed E-state index contributed by atoms with van der Waals surface area (Å²) in [5.41, 5.74) is 0. The van der Waals surface area contributed by atoms with E-state index in [4.69, 9.17) is 14.2 Å². The fraction of sp³-hybridized carbons (Fsp3) is 0.857. The Morgan fingerprint density at radius 3 is 0.884 bits per heavy atom. The molecule has 6 heteroatoms. The zero-order valence-corrected chi connectivity index (χ0v) is 46.3. The molecular weight excluding hydrogens is 853 g/mol. The summed E-state index contributed by atoms with van der Waals surface area (Å²) < 4.78 is 16.9. The van der Waals surface area contributed by atoms with Gasteiger partial charge in [0.1, 0.15) is 13.2 Å². The number of esters is 3. The molecule has 0 saturated heterocycles. The van der Waals surface area contributed by atoms with Crippen LogP contribution in [0.2, 0.25) is 0 Å². The molecule has 0 aromatic heterocycles. The number of unbranched alkanes of at least 4 members (excludes halogenated alkanes) is 39. The second-order valence-electron chi connectivity index (χ2n) is 20.6. The van der Waals surface area contributed by atoms with Crippen molar-refractivity contribution in [2.75, 3.05) is 13.2 Å². The molecule has 0 unspecified atom stereocenters. The van der Waals surface area contributed by atoms with Crippen LogP contribution in [0, 0.1) is 0 Å². The second-order valence-corrected chi connectivity index (χ2v) is 20.6. The van der Waals surface area contributed by atoms with E-state index in [0.29, 0.717) is 19.3 Å². The van der Waals surface area contributed by atoms with Gasteiger partial charge in [0.2, 0.25) is 0 Å². The first-order valence-corrected chi connectivity index (χ1v) is 30.5. The number of carbonyl (C=O) groups excluding carboxylic acids is 3. The lowest BCUT2D eigenvalue weighted by atomic mass is 10.0. The number of ether oxygens (including phenoxy) is 3. The van der Waals surface area contributed by atoms with E-state index in [1.54, 1.807) is 0 Å². The maximum Gasteiger partial charge on any atom is 0.306 e. The van der Waals surface area contributed by atoms with Gasteiger partial charge in [-0.05, 0) is 51.4 Å². The van der Waals surface area contributed by atoms with Gasteiger partial charge in [-0.1, -0.05) is 295 Å². The normalized spacial score (nSPS) is 12.2. The van der Waals surface area contributed by atoms with Crippen LogP contribution < -0.4 is 0 Å². The van der Waals surface area contributed by atoms with Crippen LogP contribution in [0.25, 0.3) is 0 Å². The summed E-state index contributed by atoms with van der Waals surface area (Å²) in [5.74, 6) is -0.867. The Balaban J connectivity index is 4.30. The van der Waals surface area contributed by atoms with Crippen LogP contribution in [0.1, 0.15) is 329 Å². The molecule has 1 atom stereocenters. The molecule has 0 aliphatic heterocycles. The van der Waals surface area contributed by atoms with Gasteiger partial charge in [0.25, 0.3) is 0 Å². The molecule has 0 rings (SSSR count). The predicted molar refractivity (Wildman–Crippen MR) is 298 cm³/mol. The molecule has 0 heterocycles. The van der Waals surface area contributed by atoms with E-state index >= 15 is 0 Å². The van der Waals surface area contributed by atoms with Gasteiger partial charge < -0.3 is 14.2 Å². The zero-order chi connectivity index (χ0) is 50.0. The van der Waals surface area contributed by atoms with E-state index in [0.717, 1.165) is 96.3 Å². The van der Waals surface area contributed by atoms with E-state index < -0.39 is 6.10 Å². The Hall–Kier alpha value is -2.37. The summed E-state index contributed by atoms with van der Waals surface area (Å²) in [6.07, 6.45) is 70.0. The monoisotopic (exact) mass is 969 g/mol. The minimum atomic E-state index is -0.775. The van der Waals surface area contributed by atoms with Gasteiger partial charge in [-0.3, -0.25) is 14.4 Å². The highest BCUT2D eigenvalue weighted by molar-refractivity contribution is 5.71. The third kappa shape index (κ3) is 56.4. The van der Waals surface area contributed by atoms with Crippen molar-refractivity contribution in [3.8, 4) is 0 Å². The molecule has 0 saturated carbocycles. The van der Waals surface area contributed by atoms with Crippen molar-refractivity contribution in [3.05, 3.63) is 36.5 Å². The fourth-order valence-electron chi connectivity index (χ4n) is 9.11. The Morgan fingerprint density at radius 1 is 0.304 bits per heavy atom. The molecule has 0 aromatic carbocycles. The highest BCUT2D eigenvalue weighted by Gasteiger charge is 2.19. The van der Waals surface area contributed by atoms with Gasteiger partial charge in [-0.2, -0.15) is 0 Å². The lowest BCUT2D eigenvalue weighted by Crippen LogP contribution is -2.30. The third-order valence-corrected chi connectivity index (χ3v) is 13.7. The SMILES string of the molecule is CC/C=C\C/C=C\C/C=C\CCCCCCCC(=O)OC[C@H](COC(=O)CCCCCCCCCCCCCCCCCCCCCCC)OC(=O)CCCCCCCCCCCCCCCCC. The molecule has 0 aromatic rings. The first-order chi connectivity index (χ1) is 34.0. The minimum absolute atomic E-state index is 0.0724. The average Bonchev–Trinajstić information content (AvgIpc) is 3.35. The Bertz CT molecular complexity index is 1160. The molecule has 6 nitrogen and oxygen atoms in total. The van der Waals surface area contributed by atoms with E-state index in [1.807, 2.05) is 0 Å². The molecule has 0 bridgehead atoms. The summed E-state index contributed by atoms with van der Waals surface area (Å²) in [5, 5.41) is 0. The standard InChI is InChI=1S/C63H116O6/c1-4-7-10-13-16-19-22-25-28-29-30-31-32-33-36-38-41-44-47-50-53-56-62(65)68-59-60(69-63(66)57-54-51-48-45-42-39-35-27-24-21-18-15-12-9-6-3)58-67-61(64)55-52-49-46-43-40-37-34-26-23-20-17-14-11-8-5-2/h8,11,17,20,26,34,60H,4-7,9-10,12-16,18-19,21-25,27-33,35-59H2,1-3H3/b11-8-,20-17-,34-26-/t60-/m1/s1. The van der Waals surface area contributed by atoms with Crippen molar-refractivity contribution in [1.29, 1.82) is 0 Å². The molecular formula is C63H116O6. The number of allylic oxidation sites excluding steroid dienone is 6.